The number of aromatic hydroxyl groups is 1. The zero-order valence-electron chi connectivity index (χ0n) is 11.8. The molecule has 1 unspecified atom stereocenters. The quantitative estimate of drug-likeness (QED) is 0.643. The van der Waals surface area contributed by atoms with Crippen LogP contribution >= 0.6 is 0 Å². The second-order valence-corrected chi connectivity index (χ2v) is 5.20. The van der Waals surface area contributed by atoms with Gasteiger partial charge in [-0.05, 0) is 31.0 Å². The summed E-state index contributed by atoms with van der Waals surface area (Å²) in [6.07, 6.45) is 1.43. The molecule has 1 aromatic carbocycles. The number of hydrogen-bond donors (Lipinski definition) is 2. The minimum atomic E-state index is -0.0873. The minimum Gasteiger partial charge on any atom is -0.508 e. The molecule has 1 fully saturated rings. The van der Waals surface area contributed by atoms with E-state index in [1.807, 2.05) is 6.92 Å². The van der Waals surface area contributed by atoms with Crippen LogP contribution in [0.5, 0.6) is 5.75 Å². The molecule has 0 radical (unpaired) electrons. The van der Waals surface area contributed by atoms with E-state index in [1.165, 1.54) is 6.07 Å². The number of phenols is 1. The fourth-order valence-electron chi connectivity index (χ4n) is 2.52. The number of phenolic OH excluding ortho intramolecular Hbond substituents is 1. The second kappa shape index (κ2) is 5.94. The molecule has 1 aromatic rings. The maximum Gasteiger partial charge on any atom is 0.254 e. The molecule has 5 nitrogen and oxygen atoms in total. The lowest BCUT2D eigenvalue weighted by Crippen LogP contribution is -2.44. The predicted octanol–water partition coefficient (Wildman–Crippen LogP) is 2.40. The van der Waals surface area contributed by atoms with Crippen LogP contribution in [-0.2, 0) is 0 Å². The third-order valence-corrected chi connectivity index (χ3v) is 3.91. The van der Waals surface area contributed by atoms with Crippen molar-refractivity contribution in [3.05, 3.63) is 29.3 Å². The van der Waals surface area contributed by atoms with Crippen molar-refractivity contribution < 1.29 is 15.1 Å². The zero-order chi connectivity index (χ0) is 14.7. The number of rotatable bonds is 2. The molecule has 0 aliphatic carbocycles. The van der Waals surface area contributed by atoms with Gasteiger partial charge in [-0.3, -0.25) is 4.79 Å². The first-order valence-electron chi connectivity index (χ1n) is 6.86. The van der Waals surface area contributed by atoms with Gasteiger partial charge in [-0.2, -0.15) is 0 Å². The van der Waals surface area contributed by atoms with E-state index in [9.17, 15) is 9.90 Å². The Morgan fingerprint density at radius 3 is 2.85 bits per heavy atom. The van der Waals surface area contributed by atoms with Crippen LogP contribution < -0.4 is 0 Å². The highest BCUT2D eigenvalue weighted by molar-refractivity contribution is 5.96. The Morgan fingerprint density at radius 1 is 1.50 bits per heavy atom. The van der Waals surface area contributed by atoms with Crippen molar-refractivity contribution in [2.45, 2.75) is 26.7 Å². The van der Waals surface area contributed by atoms with Crippen molar-refractivity contribution in [1.82, 2.24) is 4.90 Å². The van der Waals surface area contributed by atoms with Gasteiger partial charge < -0.3 is 15.2 Å². The maximum absolute atomic E-state index is 12.4. The summed E-state index contributed by atoms with van der Waals surface area (Å²) in [7, 11) is 0. The fourth-order valence-corrected chi connectivity index (χ4v) is 2.52. The number of amides is 1. The topological polar surface area (TPSA) is 73.1 Å². The summed E-state index contributed by atoms with van der Waals surface area (Å²) in [4.78, 5) is 14.2. The number of oxime groups is 1. The smallest absolute Gasteiger partial charge is 0.254 e. The number of nitrogens with zero attached hydrogens (tertiary/aromatic N) is 2. The van der Waals surface area contributed by atoms with Crippen LogP contribution in [0, 0.1) is 12.8 Å². The van der Waals surface area contributed by atoms with Gasteiger partial charge in [0.1, 0.15) is 5.75 Å². The van der Waals surface area contributed by atoms with Gasteiger partial charge in [0.05, 0.1) is 5.71 Å². The first kappa shape index (κ1) is 14.4. The van der Waals surface area contributed by atoms with Gasteiger partial charge in [-0.15, -0.1) is 0 Å². The summed E-state index contributed by atoms with van der Waals surface area (Å²) in [5, 5.41) is 22.0. The molecule has 20 heavy (non-hydrogen) atoms. The lowest BCUT2D eigenvalue weighted by Gasteiger charge is -2.33. The Morgan fingerprint density at radius 2 is 2.25 bits per heavy atom. The third-order valence-electron chi connectivity index (χ3n) is 3.91. The van der Waals surface area contributed by atoms with Gasteiger partial charge in [-0.1, -0.05) is 18.1 Å². The van der Waals surface area contributed by atoms with Gasteiger partial charge in [0.2, 0.25) is 0 Å². The molecule has 0 bridgehead atoms. The predicted molar refractivity (Wildman–Crippen MR) is 76.4 cm³/mol. The van der Waals surface area contributed by atoms with E-state index in [2.05, 4.69) is 5.16 Å². The van der Waals surface area contributed by atoms with Crippen LogP contribution in [0.2, 0.25) is 0 Å². The summed E-state index contributed by atoms with van der Waals surface area (Å²) in [5.41, 5.74) is 2.01. The molecule has 1 saturated heterocycles. The van der Waals surface area contributed by atoms with Crippen LogP contribution in [0.3, 0.4) is 0 Å². The van der Waals surface area contributed by atoms with Crippen LogP contribution in [0.15, 0.2) is 23.4 Å². The average molecular weight is 276 g/mol. The van der Waals surface area contributed by atoms with E-state index in [1.54, 1.807) is 24.0 Å². The number of benzene rings is 1. The van der Waals surface area contributed by atoms with Crippen molar-refractivity contribution >= 4 is 11.6 Å². The van der Waals surface area contributed by atoms with Crippen molar-refractivity contribution in [2.24, 2.45) is 11.1 Å². The number of aryl methyl sites for hydroxylation is 1. The molecule has 1 atom stereocenters. The first-order chi connectivity index (χ1) is 9.56. The normalized spacial score (nSPS) is 21.2. The minimum absolute atomic E-state index is 0.0873. The van der Waals surface area contributed by atoms with Crippen molar-refractivity contribution in [3.63, 3.8) is 0 Å². The Labute approximate surface area is 118 Å². The van der Waals surface area contributed by atoms with E-state index in [0.29, 0.717) is 25.1 Å². The molecule has 2 N–H and O–H groups in total. The molecule has 5 heteroatoms. The summed E-state index contributed by atoms with van der Waals surface area (Å²) in [5.74, 6) is 0.157. The number of hydrogen-bond acceptors (Lipinski definition) is 4. The van der Waals surface area contributed by atoms with Gasteiger partial charge in [0, 0.05) is 31.0 Å². The van der Waals surface area contributed by atoms with Gasteiger partial charge in [-0.25, -0.2) is 0 Å². The number of carbonyl (C=O) groups is 1. The summed E-state index contributed by atoms with van der Waals surface area (Å²) < 4.78 is 0. The lowest BCUT2D eigenvalue weighted by atomic mass is 9.93. The van der Waals surface area contributed by atoms with Crippen LogP contribution in [-0.4, -0.2) is 39.9 Å². The fraction of sp³-hybridized carbons (Fsp3) is 0.467. The van der Waals surface area contributed by atoms with Crippen LogP contribution in [0.1, 0.15) is 35.7 Å². The Kier molecular flexibility index (Phi) is 4.27. The number of piperidine rings is 1. The number of carbonyl (C=O) groups excluding carboxylic acids is 1. The van der Waals surface area contributed by atoms with E-state index < -0.39 is 0 Å². The van der Waals surface area contributed by atoms with Crippen molar-refractivity contribution in [2.75, 3.05) is 13.1 Å². The van der Waals surface area contributed by atoms with Crippen molar-refractivity contribution in [3.8, 4) is 5.75 Å². The molecule has 0 aromatic heterocycles. The van der Waals surface area contributed by atoms with Crippen molar-refractivity contribution in [1.29, 1.82) is 0 Å². The molecular formula is C15H20N2O3. The molecule has 0 spiro atoms. The molecule has 108 valence electrons. The van der Waals surface area contributed by atoms with E-state index >= 15 is 0 Å². The second-order valence-electron chi connectivity index (χ2n) is 5.20. The Bertz CT molecular complexity index is 540. The Balaban J connectivity index is 2.15. The molecule has 1 amide bonds. The maximum atomic E-state index is 12.4. The average Bonchev–Trinajstić information content (AvgIpc) is 2.48. The third kappa shape index (κ3) is 2.76. The molecular weight excluding hydrogens is 256 g/mol. The summed E-state index contributed by atoms with van der Waals surface area (Å²) in [6, 6.07) is 4.98. The number of likely N-dealkylation sites (tertiary alicyclic amines) is 1. The van der Waals surface area contributed by atoms with E-state index in [0.717, 1.165) is 17.7 Å². The Hall–Kier alpha value is -2.04. The monoisotopic (exact) mass is 276 g/mol. The summed E-state index contributed by atoms with van der Waals surface area (Å²) >= 11 is 0. The first-order valence-corrected chi connectivity index (χ1v) is 6.86. The van der Waals surface area contributed by atoms with Gasteiger partial charge >= 0.3 is 0 Å². The molecule has 1 heterocycles. The standard InChI is InChI=1S/C15H20N2O3/c1-3-11-9-17(7-6-13(11)16-20)15(19)12-5-4-10(2)14(18)8-12/h4-5,8,11,18,20H,3,6-7,9H2,1-2H3/b16-13+. The molecule has 1 aliphatic rings. The van der Waals surface area contributed by atoms with Crippen LogP contribution in [0.4, 0.5) is 0 Å². The van der Waals surface area contributed by atoms with E-state index in [4.69, 9.17) is 5.21 Å². The molecule has 2 rings (SSSR count). The van der Waals surface area contributed by atoms with Crippen LogP contribution in [0.25, 0.3) is 0 Å². The van der Waals surface area contributed by atoms with Gasteiger partial charge in [0.15, 0.2) is 0 Å². The highest BCUT2D eigenvalue weighted by atomic mass is 16.4. The molecule has 0 saturated carbocycles. The highest BCUT2D eigenvalue weighted by Gasteiger charge is 2.28. The zero-order valence-corrected chi connectivity index (χ0v) is 11.8. The SMILES string of the molecule is CCC1CN(C(=O)c2ccc(C)c(O)c2)CC/C1=N\O. The highest BCUT2D eigenvalue weighted by Crippen LogP contribution is 2.22. The summed E-state index contributed by atoms with van der Waals surface area (Å²) in [6.45, 7) is 4.91. The lowest BCUT2D eigenvalue weighted by molar-refractivity contribution is 0.0728. The largest absolute Gasteiger partial charge is 0.508 e. The molecule has 1 aliphatic heterocycles. The van der Waals surface area contributed by atoms with E-state index in [-0.39, 0.29) is 17.6 Å². The van der Waals surface area contributed by atoms with Gasteiger partial charge in [0.25, 0.3) is 5.91 Å².